The lowest BCUT2D eigenvalue weighted by atomic mass is 9.59. The molecule has 0 bridgehead atoms. The summed E-state index contributed by atoms with van der Waals surface area (Å²) < 4.78 is 8.98. The monoisotopic (exact) mass is 406 g/mol. The highest BCUT2D eigenvalue weighted by Crippen LogP contribution is 2.50. The second-order valence-electron chi connectivity index (χ2n) is 10.2. The van der Waals surface area contributed by atoms with Crippen LogP contribution in [0.3, 0.4) is 0 Å². The molecule has 1 aliphatic rings. The van der Waals surface area contributed by atoms with Crippen LogP contribution < -0.4 is 4.57 Å². The number of rotatable bonds is 0. The Hall–Kier alpha value is -3.13. The van der Waals surface area contributed by atoms with Gasteiger partial charge in [0.2, 0.25) is 5.69 Å². The number of fused-ring (bicyclic) bond motifs is 8. The average molecular weight is 407 g/mol. The van der Waals surface area contributed by atoms with Crippen LogP contribution in [-0.2, 0) is 10.8 Å². The van der Waals surface area contributed by atoms with Crippen LogP contribution in [0.15, 0.2) is 65.1 Å². The summed E-state index contributed by atoms with van der Waals surface area (Å²) in [5.74, 6) is 0. The maximum atomic E-state index is 6.52. The fourth-order valence-corrected chi connectivity index (χ4v) is 5.66. The predicted molar refractivity (Wildman–Crippen MR) is 128 cm³/mol. The Morgan fingerprint density at radius 2 is 1.55 bits per heavy atom. The van der Waals surface area contributed by atoms with Crippen molar-refractivity contribution >= 4 is 32.7 Å². The topological polar surface area (TPSA) is 17.0 Å². The third-order valence-corrected chi connectivity index (χ3v) is 8.14. The first-order valence-electron chi connectivity index (χ1n) is 11.1. The van der Waals surface area contributed by atoms with Crippen LogP contribution in [0.2, 0.25) is 0 Å². The quantitative estimate of drug-likeness (QED) is 0.248. The zero-order valence-corrected chi connectivity index (χ0v) is 19.1. The van der Waals surface area contributed by atoms with Crippen LogP contribution in [0.4, 0.5) is 0 Å². The molecule has 6 rings (SSSR count). The molecule has 3 heterocycles. The van der Waals surface area contributed by atoms with E-state index in [1.807, 2.05) is 0 Å². The lowest BCUT2D eigenvalue weighted by Gasteiger charge is -2.43. The van der Waals surface area contributed by atoms with Gasteiger partial charge in [0.1, 0.15) is 11.2 Å². The molecule has 3 aromatic carbocycles. The van der Waals surface area contributed by atoms with Gasteiger partial charge in [-0.15, -0.1) is 0 Å². The number of hydrogen-bond donors (Lipinski definition) is 0. The van der Waals surface area contributed by atoms with Crippen molar-refractivity contribution in [2.24, 2.45) is 0 Å². The first-order chi connectivity index (χ1) is 14.7. The Bertz CT molecular complexity index is 1550. The van der Waals surface area contributed by atoms with E-state index in [4.69, 9.17) is 4.42 Å². The third-order valence-electron chi connectivity index (χ3n) is 8.14. The van der Waals surface area contributed by atoms with Crippen molar-refractivity contribution < 1.29 is 8.98 Å². The standard InChI is InChI=1S/C29H28NO/c1-17-10-9-13-24-29(5,6)28(3,4)22-16-21-25-20-12-8-7-11-19(20)14-15-23(25)31-27(21)18(2)26(22)30(17)24/h7-16H,1-6H3/q+1. The summed E-state index contributed by atoms with van der Waals surface area (Å²) in [6, 6.07) is 22.0. The van der Waals surface area contributed by atoms with E-state index in [0.29, 0.717) is 0 Å². The third kappa shape index (κ3) is 2.15. The highest BCUT2D eigenvalue weighted by molar-refractivity contribution is 6.19. The van der Waals surface area contributed by atoms with Crippen molar-refractivity contribution in [3.8, 4) is 5.69 Å². The van der Waals surface area contributed by atoms with Gasteiger partial charge in [0, 0.05) is 40.8 Å². The van der Waals surface area contributed by atoms with E-state index in [1.54, 1.807) is 0 Å². The van der Waals surface area contributed by atoms with E-state index in [0.717, 1.165) is 11.2 Å². The molecule has 2 nitrogen and oxygen atoms in total. The van der Waals surface area contributed by atoms with Crippen molar-refractivity contribution in [1.29, 1.82) is 0 Å². The molecule has 0 N–H and O–H groups in total. The van der Waals surface area contributed by atoms with Crippen molar-refractivity contribution in [2.75, 3.05) is 0 Å². The Morgan fingerprint density at radius 1 is 0.774 bits per heavy atom. The molecule has 31 heavy (non-hydrogen) atoms. The molecule has 0 amide bonds. The normalized spacial score (nSPS) is 16.6. The van der Waals surface area contributed by atoms with Crippen LogP contribution in [-0.4, -0.2) is 0 Å². The van der Waals surface area contributed by atoms with E-state index in [2.05, 4.69) is 107 Å². The van der Waals surface area contributed by atoms with Crippen molar-refractivity contribution in [3.63, 3.8) is 0 Å². The molecule has 2 aromatic heterocycles. The lowest BCUT2D eigenvalue weighted by Crippen LogP contribution is -2.57. The molecule has 0 saturated heterocycles. The summed E-state index contributed by atoms with van der Waals surface area (Å²) in [6.07, 6.45) is 0. The van der Waals surface area contributed by atoms with Crippen LogP contribution in [0.5, 0.6) is 0 Å². The van der Waals surface area contributed by atoms with Gasteiger partial charge in [0.15, 0.2) is 11.4 Å². The second kappa shape index (κ2) is 5.76. The largest absolute Gasteiger partial charge is 0.455 e. The number of pyridine rings is 1. The van der Waals surface area contributed by atoms with Gasteiger partial charge in [-0.25, -0.2) is 0 Å². The molecular formula is C29H28NO+. The van der Waals surface area contributed by atoms with Crippen molar-refractivity contribution in [3.05, 3.63) is 83.2 Å². The zero-order valence-electron chi connectivity index (χ0n) is 19.1. The summed E-state index contributed by atoms with van der Waals surface area (Å²) in [5.41, 5.74) is 8.42. The Labute approximate surface area is 183 Å². The van der Waals surface area contributed by atoms with E-state index in [1.165, 1.54) is 49.7 Å². The van der Waals surface area contributed by atoms with Gasteiger partial charge in [-0.3, -0.25) is 0 Å². The maximum Gasteiger partial charge on any atom is 0.221 e. The van der Waals surface area contributed by atoms with Crippen LogP contribution in [0.1, 0.15) is 50.2 Å². The molecule has 2 heteroatoms. The molecule has 0 fully saturated rings. The fourth-order valence-electron chi connectivity index (χ4n) is 5.66. The minimum Gasteiger partial charge on any atom is -0.455 e. The minimum atomic E-state index is -0.0384. The predicted octanol–water partition coefficient (Wildman–Crippen LogP) is 7.20. The second-order valence-corrected chi connectivity index (χ2v) is 10.2. The Morgan fingerprint density at radius 3 is 2.35 bits per heavy atom. The minimum absolute atomic E-state index is 0.0201. The smallest absolute Gasteiger partial charge is 0.221 e. The molecular weight excluding hydrogens is 378 g/mol. The van der Waals surface area contributed by atoms with E-state index in [-0.39, 0.29) is 10.8 Å². The molecule has 0 unspecified atom stereocenters. The molecule has 5 aromatic rings. The van der Waals surface area contributed by atoms with Crippen molar-refractivity contribution in [2.45, 2.75) is 52.4 Å². The molecule has 0 atom stereocenters. The molecule has 0 aliphatic carbocycles. The lowest BCUT2D eigenvalue weighted by molar-refractivity contribution is -0.621. The highest BCUT2D eigenvalue weighted by atomic mass is 16.3. The first-order valence-corrected chi connectivity index (χ1v) is 11.1. The van der Waals surface area contributed by atoms with Gasteiger partial charge in [-0.2, -0.15) is 4.57 Å². The van der Waals surface area contributed by atoms with Crippen LogP contribution in [0, 0.1) is 13.8 Å². The van der Waals surface area contributed by atoms with Gasteiger partial charge in [0.25, 0.3) is 0 Å². The van der Waals surface area contributed by atoms with Crippen molar-refractivity contribution in [1.82, 2.24) is 0 Å². The maximum absolute atomic E-state index is 6.52. The first kappa shape index (κ1) is 18.6. The van der Waals surface area contributed by atoms with E-state index in [9.17, 15) is 0 Å². The molecule has 1 aliphatic heterocycles. The van der Waals surface area contributed by atoms with Gasteiger partial charge in [0.05, 0.1) is 11.0 Å². The summed E-state index contributed by atoms with van der Waals surface area (Å²) >= 11 is 0. The van der Waals surface area contributed by atoms with Crippen LogP contribution in [0.25, 0.3) is 38.4 Å². The van der Waals surface area contributed by atoms with Gasteiger partial charge >= 0.3 is 0 Å². The van der Waals surface area contributed by atoms with Gasteiger partial charge in [-0.1, -0.05) is 44.2 Å². The zero-order chi connectivity index (χ0) is 21.7. The highest BCUT2D eigenvalue weighted by Gasteiger charge is 2.53. The van der Waals surface area contributed by atoms with E-state index < -0.39 is 0 Å². The van der Waals surface area contributed by atoms with Gasteiger partial charge < -0.3 is 4.42 Å². The number of hydrogen-bond acceptors (Lipinski definition) is 1. The number of aromatic nitrogens is 1. The number of aryl methyl sites for hydroxylation is 2. The van der Waals surface area contributed by atoms with Gasteiger partial charge in [-0.05, 0) is 49.7 Å². The number of furan rings is 1. The number of benzene rings is 3. The Balaban J connectivity index is 1.86. The SMILES string of the molecule is Cc1c2c(cc3c1oc1ccc4ccccc4c13)C(C)(C)C(C)(C)c1cccc(C)[n+]1-2. The summed E-state index contributed by atoms with van der Waals surface area (Å²) in [5, 5.41) is 4.97. The van der Waals surface area contributed by atoms with E-state index >= 15 is 0 Å². The van der Waals surface area contributed by atoms with Crippen LogP contribution >= 0.6 is 0 Å². The molecule has 0 spiro atoms. The summed E-state index contributed by atoms with van der Waals surface area (Å²) in [6.45, 7) is 14.0. The summed E-state index contributed by atoms with van der Waals surface area (Å²) in [4.78, 5) is 0. The number of nitrogens with zero attached hydrogens (tertiary/aromatic N) is 1. The Kier molecular flexibility index (Phi) is 3.46. The fraction of sp³-hybridized carbons (Fsp3) is 0.276. The molecule has 0 saturated carbocycles. The average Bonchev–Trinajstić information content (AvgIpc) is 3.12. The summed E-state index contributed by atoms with van der Waals surface area (Å²) in [7, 11) is 0. The molecule has 0 radical (unpaired) electrons. The molecule has 154 valence electrons.